The van der Waals surface area contributed by atoms with Gasteiger partial charge in [0.05, 0.1) is 19.0 Å². The number of rotatable bonds is 5. The fourth-order valence-electron chi connectivity index (χ4n) is 1.41. The highest BCUT2D eigenvalue weighted by Crippen LogP contribution is 2.20. The number of para-hydroxylation sites is 2. The lowest BCUT2D eigenvalue weighted by Gasteiger charge is -2.09. The topological polar surface area (TPSA) is 39.9 Å². The van der Waals surface area contributed by atoms with E-state index in [-0.39, 0.29) is 0 Å². The van der Waals surface area contributed by atoms with E-state index in [0.29, 0.717) is 0 Å². The Hall–Kier alpha value is -1.84. The Bertz CT molecular complexity index is 426. The molecule has 4 nitrogen and oxygen atoms in total. The van der Waals surface area contributed by atoms with E-state index in [2.05, 4.69) is 17.1 Å². The van der Waals surface area contributed by atoms with Crippen LogP contribution in [0.2, 0.25) is 0 Å². The lowest BCUT2D eigenvalue weighted by atomic mass is 10.3. The van der Waals surface area contributed by atoms with E-state index in [1.54, 1.807) is 17.2 Å². The van der Waals surface area contributed by atoms with Gasteiger partial charge in [-0.15, -0.1) is 4.80 Å². The molecule has 0 saturated carbocycles. The molecule has 2 aromatic rings. The van der Waals surface area contributed by atoms with Crippen molar-refractivity contribution in [3.63, 3.8) is 0 Å². The Morgan fingerprint density at radius 1 is 1.19 bits per heavy atom. The molecule has 1 aromatic carbocycles. The first-order valence-electron chi connectivity index (χ1n) is 5.50. The second-order valence-corrected chi connectivity index (χ2v) is 3.49. The van der Waals surface area contributed by atoms with Gasteiger partial charge in [0.2, 0.25) is 0 Å². The fourth-order valence-corrected chi connectivity index (χ4v) is 1.41. The van der Waals surface area contributed by atoms with Gasteiger partial charge in [0.1, 0.15) is 11.4 Å². The van der Waals surface area contributed by atoms with Crippen LogP contribution >= 0.6 is 0 Å². The van der Waals surface area contributed by atoms with Gasteiger partial charge in [0, 0.05) is 0 Å². The van der Waals surface area contributed by atoms with Crippen LogP contribution in [0.4, 0.5) is 0 Å². The number of benzene rings is 1. The van der Waals surface area contributed by atoms with Crippen molar-refractivity contribution in [2.45, 2.75) is 19.8 Å². The van der Waals surface area contributed by atoms with Gasteiger partial charge in [-0.25, -0.2) is 0 Å². The second kappa shape index (κ2) is 5.30. The summed E-state index contributed by atoms with van der Waals surface area (Å²) in [6.45, 7) is 2.87. The van der Waals surface area contributed by atoms with Gasteiger partial charge in [0.15, 0.2) is 0 Å². The van der Waals surface area contributed by atoms with Crippen LogP contribution in [0.25, 0.3) is 5.69 Å². The highest BCUT2D eigenvalue weighted by molar-refractivity contribution is 5.44. The van der Waals surface area contributed by atoms with Crippen LogP contribution in [0.1, 0.15) is 19.8 Å². The lowest BCUT2D eigenvalue weighted by molar-refractivity contribution is 0.307. The molecule has 0 aliphatic carbocycles. The number of unbranched alkanes of at least 4 members (excludes halogenated alkanes) is 1. The van der Waals surface area contributed by atoms with Gasteiger partial charge in [-0.05, 0) is 18.6 Å². The number of hydrogen-bond donors (Lipinski definition) is 0. The Labute approximate surface area is 94.9 Å². The van der Waals surface area contributed by atoms with Crippen molar-refractivity contribution < 1.29 is 4.74 Å². The third-order valence-electron chi connectivity index (χ3n) is 2.25. The molecule has 4 heteroatoms. The molecule has 0 bridgehead atoms. The van der Waals surface area contributed by atoms with Gasteiger partial charge in [-0.2, -0.15) is 10.2 Å². The summed E-state index contributed by atoms with van der Waals surface area (Å²) in [5.74, 6) is 0.826. The van der Waals surface area contributed by atoms with Crippen molar-refractivity contribution in [3.05, 3.63) is 36.7 Å². The Balaban J connectivity index is 2.18. The van der Waals surface area contributed by atoms with Crippen LogP contribution in [0.15, 0.2) is 36.7 Å². The summed E-state index contributed by atoms with van der Waals surface area (Å²) >= 11 is 0. The number of hydrogen-bond acceptors (Lipinski definition) is 3. The molecule has 0 aliphatic heterocycles. The third-order valence-corrected chi connectivity index (χ3v) is 2.25. The predicted molar refractivity (Wildman–Crippen MR) is 61.8 cm³/mol. The van der Waals surface area contributed by atoms with E-state index in [0.717, 1.165) is 30.9 Å². The average Bonchev–Trinajstić information content (AvgIpc) is 2.83. The highest BCUT2D eigenvalue weighted by atomic mass is 16.5. The van der Waals surface area contributed by atoms with Crippen LogP contribution in [-0.2, 0) is 0 Å². The number of nitrogens with zero attached hydrogens (tertiary/aromatic N) is 3. The van der Waals surface area contributed by atoms with E-state index in [4.69, 9.17) is 4.74 Å². The van der Waals surface area contributed by atoms with Gasteiger partial charge in [-0.3, -0.25) is 0 Å². The maximum atomic E-state index is 5.70. The van der Waals surface area contributed by atoms with Crippen LogP contribution in [0, 0.1) is 0 Å². The van der Waals surface area contributed by atoms with Crippen molar-refractivity contribution in [3.8, 4) is 11.4 Å². The van der Waals surface area contributed by atoms with Crippen LogP contribution in [0.3, 0.4) is 0 Å². The summed E-state index contributed by atoms with van der Waals surface area (Å²) in [6.07, 6.45) is 5.49. The largest absolute Gasteiger partial charge is 0.491 e. The second-order valence-electron chi connectivity index (χ2n) is 3.49. The molecule has 0 N–H and O–H groups in total. The van der Waals surface area contributed by atoms with Gasteiger partial charge >= 0.3 is 0 Å². The molecule has 0 radical (unpaired) electrons. The summed E-state index contributed by atoms with van der Waals surface area (Å²) in [7, 11) is 0. The zero-order chi connectivity index (χ0) is 11.2. The van der Waals surface area contributed by atoms with Gasteiger partial charge in [0.25, 0.3) is 0 Å². The molecule has 0 aliphatic rings. The molecule has 0 atom stereocenters. The summed E-state index contributed by atoms with van der Waals surface area (Å²) in [6, 6.07) is 7.79. The SMILES string of the molecule is CCCCOc1ccccc1-n1nccn1. The first-order chi connectivity index (χ1) is 7.92. The van der Waals surface area contributed by atoms with Crippen LogP contribution in [-0.4, -0.2) is 21.6 Å². The highest BCUT2D eigenvalue weighted by Gasteiger charge is 2.05. The molecule has 0 amide bonds. The van der Waals surface area contributed by atoms with Crippen LogP contribution < -0.4 is 4.74 Å². The van der Waals surface area contributed by atoms with Crippen molar-refractivity contribution in [1.82, 2.24) is 15.0 Å². The molecule has 0 spiro atoms. The number of aromatic nitrogens is 3. The monoisotopic (exact) mass is 217 g/mol. The summed E-state index contributed by atoms with van der Waals surface area (Å²) < 4.78 is 5.70. The molecule has 2 rings (SSSR count). The molecule has 0 fully saturated rings. The first kappa shape index (κ1) is 10.7. The Morgan fingerprint density at radius 3 is 2.69 bits per heavy atom. The minimum atomic E-state index is 0.731. The molecule has 16 heavy (non-hydrogen) atoms. The molecule has 0 saturated heterocycles. The van der Waals surface area contributed by atoms with E-state index in [1.807, 2.05) is 24.3 Å². The zero-order valence-corrected chi connectivity index (χ0v) is 9.34. The molecular formula is C12H15N3O. The lowest BCUT2D eigenvalue weighted by Crippen LogP contribution is -2.04. The van der Waals surface area contributed by atoms with Gasteiger partial charge in [-0.1, -0.05) is 25.5 Å². The predicted octanol–water partition coefficient (Wildman–Crippen LogP) is 2.45. The Morgan fingerprint density at radius 2 is 1.94 bits per heavy atom. The standard InChI is InChI=1S/C12H15N3O/c1-2-3-10-16-12-7-5-4-6-11(12)15-13-8-9-14-15/h4-9H,2-3,10H2,1H3. The number of ether oxygens (including phenoxy) is 1. The molecule has 1 heterocycles. The third kappa shape index (κ3) is 2.39. The maximum absolute atomic E-state index is 5.70. The fraction of sp³-hybridized carbons (Fsp3) is 0.333. The van der Waals surface area contributed by atoms with E-state index < -0.39 is 0 Å². The van der Waals surface area contributed by atoms with Crippen molar-refractivity contribution in [2.75, 3.05) is 6.61 Å². The summed E-state index contributed by atoms with van der Waals surface area (Å²) in [4.78, 5) is 1.57. The van der Waals surface area contributed by atoms with E-state index in [1.165, 1.54) is 0 Å². The summed E-state index contributed by atoms with van der Waals surface area (Å²) in [5, 5.41) is 8.20. The minimum Gasteiger partial charge on any atom is -0.491 e. The molecular weight excluding hydrogens is 202 g/mol. The molecule has 84 valence electrons. The average molecular weight is 217 g/mol. The summed E-state index contributed by atoms with van der Waals surface area (Å²) in [5.41, 5.74) is 0.878. The maximum Gasteiger partial charge on any atom is 0.146 e. The van der Waals surface area contributed by atoms with Gasteiger partial charge < -0.3 is 4.74 Å². The zero-order valence-electron chi connectivity index (χ0n) is 9.34. The van der Waals surface area contributed by atoms with Crippen molar-refractivity contribution in [1.29, 1.82) is 0 Å². The quantitative estimate of drug-likeness (QED) is 0.722. The molecule has 1 aromatic heterocycles. The van der Waals surface area contributed by atoms with Crippen LogP contribution in [0.5, 0.6) is 5.75 Å². The van der Waals surface area contributed by atoms with E-state index in [9.17, 15) is 0 Å². The smallest absolute Gasteiger partial charge is 0.146 e. The van der Waals surface area contributed by atoms with Crippen molar-refractivity contribution in [2.24, 2.45) is 0 Å². The minimum absolute atomic E-state index is 0.731. The van der Waals surface area contributed by atoms with E-state index >= 15 is 0 Å². The molecule has 0 unspecified atom stereocenters. The first-order valence-corrected chi connectivity index (χ1v) is 5.50. The Kier molecular flexibility index (Phi) is 3.53. The normalized spacial score (nSPS) is 10.3. The van der Waals surface area contributed by atoms with Crippen molar-refractivity contribution >= 4 is 0 Å².